The molecule has 0 bridgehead atoms. The molecule has 23 heavy (non-hydrogen) atoms. The van der Waals surface area contributed by atoms with Crippen molar-refractivity contribution in [2.75, 3.05) is 39.3 Å². The highest BCUT2D eigenvalue weighted by atomic mass is 16.5. The molecule has 2 heterocycles. The maximum absolute atomic E-state index is 11.8. The lowest BCUT2D eigenvalue weighted by Gasteiger charge is -2.33. The van der Waals surface area contributed by atoms with Gasteiger partial charge in [0.25, 0.3) is 5.91 Å². The van der Waals surface area contributed by atoms with Crippen molar-refractivity contribution in [1.82, 2.24) is 15.5 Å². The summed E-state index contributed by atoms with van der Waals surface area (Å²) in [6, 6.07) is 3.17. The summed E-state index contributed by atoms with van der Waals surface area (Å²) >= 11 is 0. The first-order valence-electron chi connectivity index (χ1n) is 7.97. The van der Waals surface area contributed by atoms with Gasteiger partial charge in [0.2, 0.25) is 5.91 Å². The fraction of sp³-hybridized carbons (Fsp3) is 0.625. The van der Waals surface area contributed by atoms with Gasteiger partial charge in [-0.15, -0.1) is 0 Å². The van der Waals surface area contributed by atoms with Crippen LogP contribution in [0.15, 0.2) is 22.8 Å². The van der Waals surface area contributed by atoms with E-state index < -0.39 is 5.91 Å². The third-order valence-corrected chi connectivity index (χ3v) is 3.53. The lowest BCUT2D eigenvalue weighted by molar-refractivity contribution is -0.121. The number of nitrogens with one attached hydrogen (secondary N) is 2. The van der Waals surface area contributed by atoms with Crippen molar-refractivity contribution >= 4 is 11.8 Å². The number of hydrogen-bond acceptors (Lipinski definition) is 5. The van der Waals surface area contributed by atoms with Gasteiger partial charge in [-0.05, 0) is 18.1 Å². The largest absolute Gasteiger partial charge is 0.459 e. The Bertz CT molecular complexity index is 501. The second kappa shape index (κ2) is 8.69. The van der Waals surface area contributed by atoms with Crippen molar-refractivity contribution < 1.29 is 18.7 Å². The summed E-state index contributed by atoms with van der Waals surface area (Å²) < 4.78 is 10.6. The van der Waals surface area contributed by atoms with E-state index in [0.29, 0.717) is 19.1 Å². The van der Waals surface area contributed by atoms with Gasteiger partial charge in [0.15, 0.2) is 5.76 Å². The summed E-state index contributed by atoms with van der Waals surface area (Å²) in [4.78, 5) is 25.8. The summed E-state index contributed by atoms with van der Waals surface area (Å²) in [6.45, 7) is 8.21. The number of furan rings is 1. The number of carbonyl (C=O) groups is 2. The fourth-order valence-corrected chi connectivity index (χ4v) is 2.53. The molecule has 1 aliphatic heterocycles. The maximum Gasteiger partial charge on any atom is 0.287 e. The zero-order valence-corrected chi connectivity index (χ0v) is 13.7. The van der Waals surface area contributed by atoms with Crippen LogP contribution in [0.3, 0.4) is 0 Å². The Hall–Kier alpha value is -1.86. The molecule has 0 saturated carbocycles. The zero-order chi connectivity index (χ0) is 16.7. The van der Waals surface area contributed by atoms with Gasteiger partial charge in [-0.2, -0.15) is 0 Å². The van der Waals surface area contributed by atoms with Crippen molar-refractivity contribution in [3.8, 4) is 0 Å². The summed E-state index contributed by atoms with van der Waals surface area (Å²) in [6.07, 6.45) is 1.41. The molecule has 7 heteroatoms. The maximum atomic E-state index is 11.8. The highest BCUT2D eigenvalue weighted by molar-refractivity contribution is 5.94. The van der Waals surface area contributed by atoms with Crippen LogP contribution >= 0.6 is 0 Å². The molecule has 0 radical (unpaired) electrons. The first-order valence-corrected chi connectivity index (χ1v) is 7.97. The molecule has 7 nitrogen and oxygen atoms in total. The molecule has 1 fully saturated rings. The molecule has 0 spiro atoms. The van der Waals surface area contributed by atoms with Crippen molar-refractivity contribution in [1.29, 1.82) is 0 Å². The summed E-state index contributed by atoms with van der Waals surface area (Å²) in [5, 5.41) is 5.30. The second-order valence-electron chi connectivity index (χ2n) is 6.11. The number of amides is 2. The number of ether oxygens (including phenoxy) is 1. The third kappa shape index (κ3) is 6.03. The van der Waals surface area contributed by atoms with Gasteiger partial charge >= 0.3 is 0 Å². The number of morpholine rings is 1. The fourth-order valence-electron chi connectivity index (χ4n) is 2.53. The average Bonchev–Trinajstić information content (AvgIpc) is 3.05. The minimum Gasteiger partial charge on any atom is -0.459 e. The Morgan fingerprint density at radius 3 is 2.91 bits per heavy atom. The van der Waals surface area contributed by atoms with Gasteiger partial charge in [-0.25, -0.2) is 0 Å². The quantitative estimate of drug-likeness (QED) is 0.763. The van der Waals surface area contributed by atoms with Crippen molar-refractivity contribution in [2.45, 2.75) is 20.0 Å². The molecule has 2 N–H and O–H groups in total. The molecule has 1 atom stereocenters. The van der Waals surface area contributed by atoms with Crippen LogP contribution < -0.4 is 10.6 Å². The van der Waals surface area contributed by atoms with Crippen LogP contribution in [0, 0.1) is 5.92 Å². The van der Waals surface area contributed by atoms with Crippen molar-refractivity contribution in [3.63, 3.8) is 0 Å². The normalized spacial score (nSPS) is 18.8. The monoisotopic (exact) mass is 323 g/mol. The zero-order valence-electron chi connectivity index (χ0n) is 13.7. The molecule has 1 aliphatic rings. The highest BCUT2D eigenvalue weighted by Crippen LogP contribution is 2.07. The minimum atomic E-state index is -0.401. The lowest BCUT2D eigenvalue weighted by Crippen LogP contribution is -2.49. The predicted molar refractivity (Wildman–Crippen MR) is 85.1 cm³/mol. The van der Waals surface area contributed by atoms with E-state index in [2.05, 4.69) is 29.4 Å². The molecule has 2 rings (SSSR count). The van der Waals surface area contributed by atoms with Crippen molar-refractivity contribution in [3.05, 3.63) is 24.2 Å². The number of rotatable bonds is 7. The van der Waals surface area contributed by atoms with E-state index in [4.69, 9.17) is 9.15 Å². The van der Waals surface area contributed by atoms with Gasteiger partial charge in [0, 0.05) is 26.2 Å². The van der Waals surface area contributed by atoms with E-state index in [9.17, 15) is 9.59 Å². The lowest BCUT2D eigenvalue weighted by atomic mass is 10.2. The number of nitrogens with zero attached hydrogens (tertiary/aromatic N) is 1. The van der Waals surface area contributed by atoms with E-state index in [0.717, 1.165) is 19.6 Å². The Morgan fingerprint density at radius 1 is 1.39 bits per heavy atom. The van der Waals surface area contributed by atoms with Crippen LogP contribution in [-0.2, 0) is 9.53 Å². The molecule has 1 saturated heterocycles. The van der Waals surface area contributed by atoms with Crippen LogP contribution in [0.2, 0.25) is 0 Å². The van der Waals surface area contributed by atoms with Crippen LogP contribution in [0.1, 0.15) is 24.4 Å². The summed E-state index contributed by atoms with van der Waals surface area (Å²) in [5.41, 5.74) is 0. The van der Waals surface area contributed by atoms with E-state index in [-0.39, 0.29) is 24.3 Å². The molecule has 0 aliphatic carbocycles. The standard InChI is InChI=1S/C16H25N3O4/c1-12(2)10-19-5-7-22-13(11-19)8-17-15(20)9-18-16(21)14-4-3-6-23-14/h3-4,6,12-13H,5,7-11H2,1-2H3,(H,17,20)(H,18,21). The van der Waals surface area contributed by atoms with Crippen molar-refractivity contribution in [2.24, 2.45) is 5.92 Å². The van der Waals surface area contributed by atoms with Crippen LogP contribution in [0.4, 0.5) is 0 Å². The van der Waals surface area contributed by atoms with Crippen LogP contribution in [-0.4, -0.2) is 62.1 Å². The predicted octanol–water partition coefficient (Wildman–Crippen LogP) is 0.482. The van der Waals surface area contributed by atoms with Crippen LogP contribution in [0.5, 0.6) is 0 Å². The van der Waals surface area contributed by atoms with E-state index >= 15 is 0 Å². The second-order valence-corrected chi connectivity index (χ2v) is 6.11. The number of carbonyl (C=O) groups excluding carboxylic acids is 2. The Balaban J connectivity index is 1.65. The van der Waals surface area contributed by atoms with E-state index in [1.165, 1.54) is 6.26 Å². The molecular formula is C16H25N3O4. The summed E-state index contributed by atoms with van der Waals surface area (Å²) in [7, 11) is 0. The van der Waals surface area contributed by atoms with Gasteiger partial charge in [-0.3, -0.25) is 14.5 Å². The minimum absolute atomic E-state index is 0.00720. The van der Waals surface area contributed by atoms with Gasteiger partial charge in [0.1, 0.15) is 0 Å². The molecule has 0 aromatic carbocycles. The van der Waals surface area contributed by atoms with Gasteiger partial charge < -0.3 is 19.8 Å². The first kappa shape index (κ1) is 17.5. The smallest absolute Gasteiger partial charge is 0.287 e. The Labute approximate surface area is 136 Å². The first-order chi connectivity index (χ1) is 11.0. The molecule has 1 aromatic rings. The van der Waals surface area contributed by atoms with Gasteiger partial charge in [0.05, 0.1) is 25.5 Å². The summed E-state index contributed by atoms with van der Waals surface area (Å²) in [5.74, 6) is 0.162. The van der Waals surface area contributed by atoms with Gasteiger partial charge in [-0.1, -0.05) is 13.8 Å². The molecule has 2 amide bonds. The Kier molecular flexibility index (Phi) is 6.61. The number of hydrogen-bond donors (Lipinski definition) is 2. The van der Waals surface area contributed by atoms with Crippen LogP contribution in [0.25, 0.3) is 0 Å². The SMILES string of the molecule is CC(C)CN1CCOC(CNC(=O)CNC(=O)c2ccco2)C1. The van der Waals surface area contributed by atoms with E-state index in [1.807, 2.05) is 0 Å². The third-order valence-electron chi connectivity index (χ3n) is 3.53. The molecule has 128 valence electrons. The van der Waals surface area contributed by atoms with E-state index in [1.54, 1.807) is 12.1 Å². The topological polar surface area (TPSA) is 83.8 Å². The Morgan fingerprint density at radius 2 is 2.22 bits per heavy atom. The molecule has 1 unspecified atom stereocenters. The highest BCUT2D eigenvalue weighted by Gasteiger charge is 2.21. The average molecular weight is 323 g/mol. The molecule has 1 aromatic heterocycles. The molecular weight excluding hydrogens is 298 g/mol.